The molecule has 32 heavy (non-hydrogen) atoms. The van der Waals surface area contributed by atoms with Crippen LogP contribution < -0.4 is 4.74 Å². The quantitative estimate of drug-likeness (QED) is 0.405. The third kappa shape index (κ3) is 6.07. The monoisotopic (exact) mass is 428 g/mol. The van der Waals surface area contributed by atoms with Gasteiger partial charge in [-0.1, -0.05) is 59.7 Å². The number of benzene rings is 2. The molecule has 2 aromatic carbocycles. The Morgan fingerprint density at radius 3 is 2.72 bits per heavy atom. The second-order valence-electron chi connectivity index (χ2n) is 9.08. The van der Waals surface area contributed by atoms with Crippen LogP contribution in [0.5, 0.6) is 11.5 Å². The molecule has 0 amide bonds. The van der Waals surface area contributed by atoms with Gasteiger partial charge in [-0.3, -0.25) is 0 Å². The lowest BCUT2D eigenvalue weighted by Gasteiger charge is -2.45. The van der Waals surface area contributed by atoms with E-state index in [4.69, 9.17) is 4.74 Å². The second-order valence-corrected chi connectivity index (χ2v) is 9.08. The smallest absolute Gasteiger partial charge is 0.123 e. The molecule has 2 atom stereocenters. The SMILES string of the molecule is CC#CCC/C(C)=C/Cc1ccccc1O.CC1=CCC[C@]2(C)Oc3ccccc3C[C@@H]12. The predicted octanol–water partition coefficient (Wildman–Crippen LogP) is 7.42. The Morgan fingerprint density at radius 1 is 1.19 bits per heavy atom. The van der Waals surface area contributed by atoms with Crippen molar-refractivity contribution in [3.63, 3.8) is 0 Å². The van der Waals surface area contributed by atoms with Crippen LogP contribution in [0.4, 0.5) is 0 Å². The number of para-hydroxylation sites is 2. The van der Waals surface area contributed by atoms with E-state index in [0.29, 0.717) is 11.7 Å². The van der Waals surface area contributed by atoms with Crippen molar-refractivity contribution in [1.82, 2.24) is 0 Å². The van der Waals surface area contributed by atoms with Crippen LogP contribution in [-0.2, 0) is 12.8 Å². The lowest BCUT2D eigenvalue weighted by Crippen LogP contribution is -2.46. The van der Waals surface area contributed by atoms with Gasteiger partial charge >= 0.3 is 0 Å². The molecule has 0 radical (unpaired) electrons. The summed E-state index contributed by atoms with van der Waals surface area (Å²) in [6.07, 6.45) is 10.7. The number of ether oxygens (including phenoxy) is 1. The summed E-state index contributed by atoms with van der Waals surface area (Å²) in [7, 11) is 0. The summed E-state index contributed by atoms with van der Waals surface area (Å²) in [5.41, 5.74) is 5.19. The van der Waals surface area contributed by atoms with Gasteiger partial charge < -0.3 is 9.84 Å². The van der Waals surface area contributed by atoms with E-state index in [2.05, 4.69) is 69.0 Å². The summed E-state index contributed by atoms with van der Waals surface area (Å²) in [6.45, 7) is 8.49. The van der Waals surface area contributed by atoms with Gasteiger partial charge in [-0.05, 0) is 83.1 Å². The topological polar surface area (TPSA) is 29.5 Å². The third-order valence-electron chi connectivity index (χ3n) is 6.62. The highest BCUT2D eigenvalue weighted by Crippen LogP contribution is 2.44. The van der Waals surface area contributed by atoms with Gasteiger partial charge in [0.05, 0.1) is 0 Å². The van der Waals surface area contributed by atoms with E-state index in [-0.39, 0.29) is 5.60 Å². The van der Waals surface area contributed by atoms with Gasteiger partial charge in [0.2, 0.25) is 0 Å². The maximum Gasteiger partial charge on any atom is 0.123 e. The Bertz CT molecular complexity index is 1030. The van der Waals surface area contributed by atoms with Crippen molar-refractivity contribution in [2.75, 3.05) is 0 Å². The average molecular weight is 429 g/mol. The van der Waals surface area contributed by atoms with E-state index in [1.165, 1.54) is 16.7 Å². The van der Waals surface area contributed by atoms with E-state index in [1.54, 1.807) is 6.07 Å². The van der Waals surface area contributed by atoms with Crippen molar-refractivity contribution in [1.29, 1.82) is 0 Å². The first kappa shape index (κ1) is 23.7. The van der Waals surface area contributed by atoms with E-state index in [1.807, 2.05) is 25.1 Å². The highest BCUT2D eigenvalue weighted by molar-refractivity contribution is 5.39. The van der Waals surface area contributed by atoms with Crippen molar-refractivity contribution in [2.24, 2.45) is 5.92 Å². The predicted molar refractivity (Wildman–Crippen MR) is 134 cm³/mol. The number of fused-ring (bicyclic) bond motifs is 2. The summed E-state index contributed by atoms with van der Waals surface area (Å²) in [4.78, 5) is 0. The lowest BCUT2D eigenvalue weighted by molar-refractivity contribution is 0.0122. The number of hydrogen-bond donors (Lipinski definition) is 1. The minimum atomic E-state index is 0.0210. The van der Waals surface area contributed by atoms with Crippen molar-refractivity contribution in [3.8, 4) is 23.3 Å². The first-order valence-electron chi connectivity index (χ1n) is 11.7. The van der Waals surface area contributed by atoms with E-state index < -0.39 is 0 Å². The fraction of sp³-hybridized carbons (Fsp3) is 0.400. The van der Waals surface area contributed by atoms with Gasteiger partial charge in [-0.2, -0.15) is 0 Å². The molecule has 0 bridgehead atoms. The van der Waals surface area contributed by atoms with Crippen molar-refractivity contribution >= 4 is 0 Å². The molecule has 0 fully saturated rings. The molecule has 0 saturated carbocycles. The molecule has 1 heterocycles. The van der Waals surface area contributed by atoms with Crippen molar-refractivity contribution < 1.29 is 9.84 Å². The van der Waals surface area contributed by atoms with Gasteiger partial charge in [0.1, 0.15) is 17.1 Å². The third-order valence-corrected chi connectivity index (χ3v) is 6.62. The van der Waals surface area contributed by atoms with Crippen molar-refractivity contribution in [2.45, 2.75) is 71.8 Å². The van der Waals surface area contributed by atoms with Crippen LogP contribution in [0.3, 0.4) is 0 Å². The Hall–Kier alpha value is -2.92. The molecule has 0 saturated heterocycles. The molecular formula is C30H36O2. The molecule has 2 heteroatoms. The van der Waals surface area contributed by atoms with Gasteiger partial charge in [0, 0.05) is 12.3 Å². The zero-order valence-electron chi connectivity index (χ0n) is 19.9. The number of hydrogen-bond acceptors (Lipinski definition) is 2. The number of allylic oxidation sites excluding steroid dienone is 3. The van der Waals surface area contributed by atoms with E-state index in [0.717, 1.165) is 49.8 Å². The standard InChI is InChI=1S/2C15H18O/c1-11-6-5-9-15(2)13(11)10-12-7-3-4-8-14(12)16-15;1-3-4-5-8-13(2)11-12-14-9-6-7-10-15(14)16/h3-4,6-8,13H,5,9-10H2,1-2H3;6-7,9-11,16H,5,8,12H2,1-2H3/b;13-11+/t13-,15-;/m0./s1. The molecule has 0 unspecified atom stereocenters. The second kappa shape index (κ2) is 11.1. The molecule has 4 rings (SSSR count). The summed E-state index contributed by atoms with van der Waals surface area (Å²) >= 11 is 0. The van der Waals surface area contributed by atoms with E-state index in [9.17, 15) is 5.11 Å². The average Bonchev–Trinajstić information content (AvgIpc) is 2.78. The first-order valence-corrected chi connectivity index (χ1v) is 11.7. The molecule has 1 aliphatic carbocycles. The van der Waals surface area contributed by atoms with Gasteiger partial charge in [-0.15, -0.1) is 11.8 Å². The van der Waals surface area contributed by atoms with Crippen LogP contribution in [-0.4, -0.2) is 10.7 Å². The fourth-order valence-electron chi connectivity index (χ4n) is 4.58. The number of phenols is 1. The summed E-state index contributed by atoms with van der Waals surface area (Å²) in [5.74, 6) is 7.97. The molecule has 0 spiro atoms. The maximum absolute atomic E-state index is 9.59. The van der Waals surface area contributed by atoms with Crippen LogP contribution in [0.1, 0.15) is 64.5 Å². The van der Waals surface area contributed by atoms with Crippen LogP contribution >= 0.6 is 0 Å². The Labute approximate surface area is 194 Å². The molecule has 1 aliphatic heterocycles. The van der Waals surface area contributed by atoms with Crippen LogP contribution in [0.15, 0.2) is 71.8 Å². The molecule has 2 aromatic rings. The number of rotatable bonds is 4. The highest BCUT2D eigenvalue weighted by Gasteiger charge is 2.42. The van der Waals surface area contributed by atoms with Crippen LogP contribution in [0.25, 0.3) is 0 Å². The molecule has 168 valence electrons. The summed E-state index contributed by atoms with van der Waals surface area (Å²) in [5, 5.41) is 9.59. The van der Waals surface area contributed by atoms with Crippen LogP contribution in [0.2, 0.25) is 0 Å². The summed E-state index contributed by atoms with van der Waals surface area (Å²) in [6, 6.07) is 15.9. The van der Waals surface area contributed by atoms with Gasteiger partial charge in [0.25, 0.3) is 0 Å². The molecule has 0 aromatic heterocycles. The Morgan fingerprint density at radius 2 is 1.94 bits per heavy atom. The molecular weight excluding hydrogens is 392 g/mol. The molecule has 2 aliphatic rings. The van der Waals surface area contributed by atoms with E-state index >= 15 is 0 Å². The zero-order valence-corrected chi connectivity index (χ0v) is 19.9. The maximum atomic E-state index is 9.59. The molecule has 1 N–H and O–H groups in total. The van der Waals surface area contributed by atoms with Gasteiger partial charge in [-0.25, -0.2) is 0 Å². The highest BCUT2D eigenvalue weighted by atomic mass is 16.5. The van der Waals surface area contributed by atoms with Crippen molar-refractivity contribution in [3.05, 3.63) is 83.0 Å². The number of aromatic hydroxyl groups is 1. The summed E-state index contributed by atoms with van der Waals surface area (Å²) < 4.78 is 6.25. The zero-order chi connectivity index (χ0) is 23.0. The fourth-order valence-corrected chi connectivity index (χ4v) is 4.58. The normalized spacial score (nSPS) is 21.4. The Balaban J connectivity index is 0.000000181. The number of phenolic OH excluding ortho intramolecular Hbond substituents is 1. The minimum absolute atomic E-state index is 0.0210. The van der Waals surface area contributed by atoms with Gasteiger partial charge in [0.15, 0.2) is 0 Å². The van der Waals surface area contributed by atoms with Crippen LogP contribution in [0, 0.1) is 17.8 Å². The largest absolute Gasteiger partial charge is 0.508 e. The minimum Gasteiger partial charge on any atom is -0.508 e. The Kier molecular flexibility index (Phi) is 8.23. The molecule has 2 nitrogen and oxygen atoms in total. The lowest BCUT2D eigenvalue weighted by atomic mass is 9.71. The first-order chi connectivity index (χ1) is 15.4.